The molecule has 1 heterocycles. The Morgan fingerprint density at radius 1 is 1.26 bits per heavy atom. The van der Waals surface area contributed by atoms with Gasteiger partial charge in [0.2, 0.25) is 0 Å². The Morgan fingerprint density at radius 3 is 2.59 bits per heavy atom. The highest BCUT2D eigenvalue weighted by Gasteiger charge is 2.20. The van der Waals surface area contributed by atoms with Crippen LogP contribution in [0.2, 0.25) is 5.02 Å². The Bertz CT molecular complexity index is 1120. The van der Waals surface area contributed by atoms with Gasteiger partial charge in [0, 0.05) is 29.3 Å². The summed E-state index contributed by atoms with van der Waals surface area (Å²) in [6.07, 6.45) is 0. The molecule has 0 unspecified atom stereocenters. The Morgan fingerprint density at radius 2 is 1.96 bits per heavy atom. The van der Waals surface area contributed by atoms with Crippen LogP contribution in [0.5, 0.6) is 0 Å². The van der Waals surface area contributed by atoms with Gasteiger partial charge < -0.3 is 14.2 Å². The van der Waals surface area contributed by atoms with Crippen molar-refractivity contribution in [2.24, 2.45) is 0 Å². The molecule has 2 aromatic carbocycles. The van der Waals surface area contributed by atoms with Gasteiger partial charge in [0.05, 0.1) is 28.4 Å². The van der Waals surface area contributed by atoms with Crippen molar-refractivity contribution in [3.8, 4) is 0 Å². The Hall–Kier alpha value is -2.05. The Labute approximate surface area is 170 Å². The number of ether oxygens (including phenoxy) is 1. The Balaban J connectivity index is 2.55. The number of anilines is 1. The second-order valence-corrected chi connectivity index (χ2v) is 7.79. The number of carbonyl (C=O) groups excluding carboxylic acids is 1. The molecular formula is C20H20BrClN2O3. The van der Waals surface area contributed by atoms with Crippen molar-refractivity contribution in [1.29, 1.82) is 0 Å². The first-order chi connectivity index (χ1) is 12.8. The number of aromatic nitrogens is 1. The van der Waals surface area contributed by atoms with Crippen LogP contribution in [0, 0.1) is 6.92 Å². The van der Waals surface area contributed by atoms with Crippen LogP contribution < -0.4 is 10.3 Å². The summed E-state index contributed by atoms with van der Waals surface area (Å²) in [5, 5.41) is 1.56. The number of rotatable bonds is 4. The predicted octanol–water partition coefficient (Wildman–Crippen LogP) is 4.51. The summed E-state index contributed by atoms with van der Waals surface area (Å²) in [4.78, 5) is 27.4. The maximum atomic E-state index is 13.2. The van der Waals surface area contributed by atoms with Crippen LogP contribution in [0.25, 0.3) is 21.8 Å². The van der Waals surface area contributed by atoms with E-state index >= 15 is 0 Å². The van der Waals surface area contributed by atoms with Crippen molar-refractivity contribution in [2.75, 3.05) is 25.6 Å². The van der Waals surface area contributed by atoms with E-state index in [-0.39, 0.29) is 17.9 Å². The minimum atomic E-state index is -0.367. The fraction of sp³-hybridized carbons (Fsp3) is 0.300. The van der Waals surface area contributed by atoms with E-state index in [1.165, 1.54) is 0 Å². The third-order valence-corrected chi connectivity index (χ3v) is 5.63. The summed E-state index contributed by atoms with van der Waals surface area (Å²) in [6.45, 7) is 3.99. The van der Waals surface area contributed by atoms with Crippen molar-refractivity contribution in [1.82, 2.24) is 4.57 Å². The second kappa shape index (κ2) is 7.52. The van der Waals surface area contributed by atoms with Gasteiger partial charge in [0.15, 0.2) is 5.43 Å². The van der Waals surface area contributed by atoms with Gasteiger partial charge in [0.1, 0.15) is 6.54 Å². The molecule has 0 radical (unpaired) electrons. The van der Waals surface area contributed by atoms with E-state index in [2.05, 4.69) is 15.9 Å². The number of aryl methyl sites for hydroxylation is 1. The fourth-order valence-corrected chi connectivity index (χ4v) is 3.94. The number of benzene rings is 2. The van der Waals surface area contributed by atoms with E-state index in [1.807, 2.05) is 36.6 Å². The zero-order valence-corrected chi connectivity index (χ0v) is 17.9. The lowest BCUT2D eigenvalue weighted by atomic mass is 10.1. The molecule has 5 nitrogen and oxygen atoms in total. The lowest BCUT2D eigenvalue weighted by molar-refractivity contribution is -0.143. The molecule has 0 fully saturated rings. The van der Waals surface area contributed by atoms with E-state index < -0.39 is 0 Å². The quantitative estimate of drug-likeness (QED) is 0.433. The molecule has 0 atom stereocenters. The van der Waals surface area contributed by atoms with Crippen molar-refractivity contribution >= 4 is 61.0 Å². The smallest absolute Gasteiger partial charge is 0.325 e. The summed E-state index contributed by atoms with van der Waals surface area (Å²) in [6, 6.07) is 7.13. The average molecular weight is 452 g/mol. The third kappa shape index (κ3) is 3.44. The number of esters is 1. The molecule has 0 amide bonds. The fourth-order valence-electron chi connectivity index (χ4n) is 3.27. The number of carbonyl (C=O) groups is 1. The predicted molar refractivity (Wildman–Crippen MR) is 114 cm³/mol. The van der Waals surface area contributed by atoms with Gasteiger partial charge in [-0.2, -0.15) is 0 Å². The van der Waals surface area contributed by atoms with Crippen LogP contribution >= 0.6 is 27.5 Å². The molecule has 1 aromatic heterocycles. The molecule has 0 N–H and O–H groups in total. The topological polar surface area (TPSA) is 51.5 Å². The summed E-state index contributed by atoms with van der Waals surface area (Å²) in [5.41, 5.74) is 2.86. The number of nitrogens with zero attached hydrogens (tertiary/aromatic N) is 2. The molecule has 7 heteroatoms. The largest absolute Gasteiger partial charge is 0.465 e. The normalized spacial score (nSPS) is 11.2. The van der Waals surface area contributed by atoms with Crippen LogP contribution in [0.15, 0.2) is 33.5 Å². The SMILES string of the molecule is CCOC(=O)Cn1c2cc(C)c(Br)cc2c(=O)c2ccc(Cl)c(N(C)C)c21. The van der Waals surface area contributed by atoms with Gasteiger partial charge in [-0.05, 0) is 43.7 Å². The minimum Gasteiger partial charge on any atom is -0.465 e. The van der Waals surface area contributed by atoms with Gasteiger partial charge in [-0.15, -0.1) is 0 Å². The van der Waals surface area contributed by atoms with E-state index in [1.54, 1.807) is 25.1 Å². The highest BCUT2D eigenvalue weighted by atomic mass is 79.9. The summed E-state index contributed by atoms with van der Waals surface area (Å²) < 4.78 is 7.83. The highest BCUT2D eigenvalue weighted by molar-refractivity contribution is 9.10. The maximum Gasteiger partial charge on any atom is 0.325 e. The molecular weight excluding hydrogens is 432 g/mol. The lowest BCUT2D eigenvalue weighted by Gasteiger charge is -2.22. The molecule has 3 rings (SSSR count). The molecule has 0 aliphatic rings. The summed E-state index contributed by atoms with van der Waals surface area (Å²) >= 11 is 9.94. The monoisotopic (exact) mass is 450 g/mol. The van der Waals surface area contributed by atoms with Crippen molar-refractivity contribution in [2.45, 2.75) is 20.4 Å². The van der Waals surface area contributed by atoms with Crippen LogP contribution in [-0.4, -0.2) is 31.2 Å². The molecule has 0 saturated carbocycles. The van der Waals surface area contributed by atoms with Gasteiger partial charge in [-0.1, -0.05) is 27.5 Å². The summed E-state index contributed by atoms with van der Waals surface area (Å²) in [5.74, 6) is -0.367. The molecule has 0 aliphatic heterocycles. The van der Waals surface area contributed by atoms with Gasteiger partial charge in [-0.3, -0.25) is 9.59 Å². The standard InChI is InChI=1S/C20H20BrClN2O3/c1-5-27-17(25)10-24-16-8-11(2)14(21)9-13(16)20(26)12-6-7-15(22)19(18(12)24)23(3)4/h6-9H,5,10H2,1-4H3. The molecule has 0 aliphatic carbocycles. The zero-order chi connectivity index (χ0) is 19.9. The molecule has 3 aromatic rings. The van der Waals surface area contributed by atoms with E-state index in [4.69, 9.17) is 16.3 Å². The van der Waals surface area contributed by atoms with Crippen LogP contribution in [0.4, 0.5) is 5.69 Å². The van der Waals surface area contributed by atoms with Crippen molar-refractivity contribution < 1.29 is 9.53 Å². The third-order valence-electron chi connectivity index (χ3n) is 4.47. The molecule has 0 bridgehead atoms. The first-order valence-corrected chi connectivity index (χ1v) is 9.71. The van der Waals surface area contributed by atoms with Gasteiger partial charge in [-0.25, -0.2) is 0 Å². The van der Waals surface area contributed by atoms with Gasteiger partial charge in [0.25, 0.3) is 0 Å². The van der Waals surface area contributed by atoms with E-state index in [0.29, 0.717) is 39.1 Å². The number of fused-ring (bicyclic) bond motifs is 2. The van der Waals surface area contributed by atoms with E-state index in [9.17, 15) is 9.59 Å². The number of hydrogen-bond acceptors (Lipinski definition) is 4. The first-order valence-electron chi connectivity index (χ1n) is 8.54. The number of halogens is 2. The van der Waals surface area contributed by atoms with Gasteiger partial charge >= 0.3 is 5.97 Å². The Kier molecular flexibility index (Phi) is 5.49. The summed E-state index contributed by atoms with van der Waals surface area (Å²) in [7, 11) is 3.72. The molecule has 142 valence electrons. The molecule has 27 heavy (non-hydrogen) atoms. The van der Waals surface area contributed by atoms with Crippen molar-refractivity contribution in [3.63, 3.8) is 0 Å². The second-order valence-electron chi connectivity index (χ2n) is 6.53. The van der Waals surface area contributed by atoms with Crippen LogP contribution in [0.3, 0.4) is 0 Å². The lowest BCUT2D eigenvalue weighted by Crippen LogP contribution is -2.21. The van der Waals surface area contributed by atoms with E-state index in [0.717, 1.165) is 10.0 Å². The highest BCUT2D eigenvalue weighted by Crippen LogP contribution is 2.35. The zero-order valence-electron chi connectivity index (χ0n) is 15.6. The van der Waals surface area contributed by atoms with Crippen LogP contribution in [-0.2, 0) is 16.1 Å². The van der Waals surface area contributed by atoms with Crippen LogP contribution in [0.1, 0.15) is 12.5 Å². The number of hydrogen-bond donors (Lipinski definition) is 0. The number of pyridine rings is 1. The minimum absolute atomic E-state index is 0.0105. The molecule has 0 spiro atoms. The first kappa shape index (κ1) is 19.7. The molecule has 0 saturated heterocycles. The average Bonchev–Trinajstić information content (AvgIpc) is 2.60. The maximum absolute atomic E-state index is 13.2. The van der Waals surface area contributed by atoms with Crippen molar-refractivity contribution in [3.05, 3.63) is 49.5 Å².